The molecule has 0 radical (unpaired) electrons. The highest BCUT2D eigenvalue weighted by Gasteiger charge is 2.68. The summed E-state index contributed by atoms with van der Waals surface area (Å²) in [6, 6.07) is 14.4. The number of rotatable bonds is 9. The van der Waals surface area contributed by atoms with Gasteiger partial charge in [-0.3, -0.25) is 19.7 Å². The van der Waals surface area contributed by atoms with Crippen LogP contribution in [0.3, 0.4) is 0 Å². The molecule has 0 spiro atoms. The number of carbonyl (C=O) groups is 4. The second kappa shape index (κ2) is 12.6. The Morgan fingerprint density at radius 2 is 1.61 bits per heavy atom. The summed E-state index contributed by atoms with van der Waals surface area (Å²) >= 11 is 0. The maximum Gasteiger partial charge on any atom is 0.481 e. The molecular weight excluding hydrogens is 563 g/mol. The summed E-state index contributed by atoms with van der Waals surface area (Å²) in [5.41, 5.74) is 2.86. The van der Waals surface area contributed by atoms with Crippen LogP contribution in [0.25, 0.3) is 0 Å². The second-order valence-electron chi connectivity index (χ2n) is 13.2. The Labute approximate surface area is 258 Å². The Morgan fingerprint density at radius 1 is 0.955 bits per heavy atom. The van der Waals surface area contributed by atoms with Crippen LogP contribution < -0.4 is 21.4 Å². The van der Waals surface area contributed by atoms with Crippen molar-refractivity contribution in [3.63, 3.8) is 0 Å². The number of hydrogen-bond donors (Lipinski definition) is 4. The van der Waals surface area contributed by atoms with Crippen molar-refractivity contribution in [3.8, 4) is 0 Å². The van der Waals surface area contributed by atoms with E-state index in [1.165, 1.54) is 24.3 Å². The minimum absolute atomic E-state index is 0.0126. The molecule has 2 aromatic rings. The van der Waals surface area contributed by atoms with Crippen molar-refractivity contribution < 1.29 is 33.3 Å². The van der Waals surface area contributed by atoms with Gasteiger partial charge in [0.15, 0.2) is 0 Å². The summed E-state index contributed by atoms with van der Waals surface area (Å²) in [6.45, 7) is 10.7. The van der Waals surface area contributed by atoms with Crippen LogP contribution in [0, 0.1) is 23.2 Å². The third-order valence-electron chi connectivity index (χ3n) is 9.44. The molecule has 6 rings (SSSR count). The van der Waals surface area contributed by atoms with Gasteiger partial charge >= 0.3 is 13.2 Å². The predicted octanol–water partition coefficient (Wildman–Crippen LogP) is 4.11. The van der Waals surface area contributed by atoms with Gasteiger partial charge in [-0.15, -0.1) is 0 Å². The molecule has 1 saturated heterocycles. The van der Waals surface area contributed by atoms with E-state index in [2.05, 4.69) is 56.0 Å². The standard InChI is InChI=1S/C32H41BN4O7/c1-19(2)15-26(33-42-25-17-22-16-24(31(22,3)4)32(25,5)44-33)36-27(38)18-34-28(39)20-11-13-21(14-12-20)29(40)37-43-30(41)35-23-9-7-6-8-10-23/h6-14,19,22,24-26H,15-18H2,1-5H3,(H,34,39)(H,35,41)(H,36,38)(H,37,40)/t22-,24-,25+,26+,32-/m1/s1. The molecule has 2 bridgehead atoms. The lowest BCUT2D eigenvalue weighted by molar-refractivity contribution is -0.199. The van der Waals surface area contributed by atoms with Crippen LogP contribution in [0.4, 0.5) is 10.5 Å². The van der Waals surface area contributed by atoms with Crippen molar-refractivity contribution in [3.05, 3.63) is 65.7 Å². The first-order valence-corrected chi connectivity index (χ1v) is 15.2. The minimum atomic E-state index is -0.853. The van der Waals surface area contributed by atoms with Crippen molar-refractivity contribution in [2.45, 2.75) is 71.5 Å². The first-order chi connectivity index (χ1) is 20.9. The van der Waals surface area contributed by atoms with Crippen LogP contribution in [0.1, 0.15) is 74.6 Å². The van der Waals surface area contributed by atoms with Gasteiger partial charge < -0.3 is 24.8 Å². The summed E-state index contributed by atoms with van der Waals surface area (Å²) in [6.07, 6.45) is 1.94. The quantitative estimate of drug-likeness (QED) is 0.249. The Bertz CT molecular complexity index is 1390. The van der Waals surface area contributed by atoms with Gasteiger partial charge in [0, 0.05) is 16.8 Å². The van der Waals surface area contributed by atoms with E-state index in [9.17, 15) is 19.2 Å². The van der Waals surface area contributed by atoms with Gasteiger partial charge in [-0.2, -0.15) is 5.48 Å². The molecule has 3 saturated carbocycles. The van der Waals surface area contributed by atoms with Crippen LogP contribution >= 0.6 is 0 Å². The lowest BCUT2D eigenvalue weighted by atomic mass is 9.43. The fourth-order valence-electron chi connectivity index (χ4n) is 6.93. The number of para-hydroxylation sites is 1. The Hall–Kier alpha value is -3.90. The fraction of sp³-hybridized carbons (Fsp3) is 0.500. The fourth-order valence-corrected chi connectivity index (χ4v) is 6.93. The van der Waals surface area contributed by atoms with Crippen molar-refractivity contribution in [2.24, 2.45) is 23.2 Å². The number of hydroxylamine groups is 1. The van der Waals surface area contributed by atoms with Crippen molar-refractivity contribution in [1.82, 2.24) is 16.1 Å². The molecule has 1 aliphatic heterocycles. The molecule has 5 atom stereocenters. The SMILES string of the molecule is CC(C)C[C@H](NC(=O)CNC(=O)c1ccc(C(=O)NOC(=O)Nc2ccccc2)cc1)B1O[C@H]2C[C@H]3C[C@H](C3(C)C)[C@@]2(C)O1. The zero-order valence-electron chi connectivity index (χ0n) is 25.8. The van der Waals surface area contributed by atoms with Gasteiger partial charge in [0.05, 0.1) is 24.2 Å². The molecule has 4 N–H and O–H groups in total. The molecule has 1 heterocycles. The Kier molecular flexibility index (Phi) is 9.03. The second-order valence-corrected chi connectivity index (χ2v) is 13.2. The van der Waals surface area contributed by atoms with Crippen molar-refractivity contribution >= 4 is 36.6 Å². The Morgan fingerprint density at radius 3 is 2.25 bits per heavy atom. The zero-order valence-corrected chi connectivity index (χ0v) is 25.8. The molecule has 3 aliphatic carbocycles. The maximum atomic E-state index is 12.9. The van der Waals surface area contributed by atoms with Crippen molar-refractivity contribution in [1.29, 1.82) is 0 Å². The molecule has 11 nitrogen and oxygen atoms in total. The summed E-state index contributed by atoms with van der Waals surface area (Å²) < 4.78 is 13.0. The lowest BCUT2D eigenvalue weighted by Crippen LogP contribution is -2.65. The molecule has 0 aromatic heterocycles. The largest absolute Gasteiger partial charge is 0.481 e. The van der Waals surface area contributed by atoms with Crippen LogP contribution in [-0.4, -0.2) is 55.1 Å². The number of nitrogens with one attached hydrogen (secondary N) is 4. The first kappa shape index (κ1) is 31.5. The van der Waals surface area contributed by atoms with E-state index in [1.807, 2.05) is 0 Å². The van der Waals surface area contributed by atoms with Crippen LogP contribution in [0.2, 0.25) is 0 Å². The van der Waals surface area contributed by atoms with E-state index in [0.717, 1.165) is 12.8 Å². The maximum absolute atomic E-state index is 12.9. The van der Waals surface area contributed by atoms with Gasteiger partial charge in [0.1, 0.15) is 0 Å². The predicted molar refractivity (Wildman–Crippen MR) is 164 cm³/mol. The molecular formula is C32H41BN4O7. The molecule has 234 valence electrons. The average molecular weight is 605 g/mol. The Balaban J connectivity index is 1.09. The summed E-state index contributed by atoms with van der Waals surface area (Å²) in [7, 11) is -0.547. The van der Waals surface area contributed by atoms with E-state index >= 15 is 0 Å². The number of hydrogen-bond acceptors (Lipinski definition) is 7. The highest BCUT2D eigenvalue weighted by Crippen LogP contribution is 2.65. The summed E-state index contributed by atoms with van der Waals surface area (Å²) in [5, 5.41) is 8.14. The molecule has 0 unspecified atom stereocenters. The van der Waals surface area contributed by atoms with Gasteiger partial charge in [-0.25, -0.2) is 4.79 Å². The van der Waals surface area contributed by atoms with Crippen molar-refractivity contribution in [2.75, 3.05) is 11.9 Å². The van der Waals surface area contributed by atoms with Gasteiger partial charge in [0.2, 0.25) is 5.91 Å². The third kappa shape index (κ3) is 6.61. The molecule has 2 aromatic carbocycles. The van der Waals surface area contributed by atoms with Gasteiger partial charge in [0.25, 0.3) is 11.8 Å². The normalized spacial score (nSPS) is 25.2. The highest BCUT2D eigenvalue weighted by molar-refractivity contribution is 6.47. The molecule has 12 heteroatoms. The number of carbonyl (C=O) groups excluding carboxylic acids is 4. The van der Waals surface area contributed by atoms with Gasteiger partial charge in [-0.1, -0.05) is 45.9 Å². The topological polar surface area (TPSA) is 144 Å². The minimum Gasteiger partial charge on any atom is -0.404 e. The number of anilines is 1. The lowest BCUT2D eigenvalue weighted by Gasteiger charge is -2.64. The van der Waals surface area contributed by atoms with Gasteiger partial charge in [-0.05, 0) is 85.8 Å². The van der Waals surface area contributed by atoms with E-state index in [-0.39, 0.29) is 46.6 Å². The van der Waals surface area contributed by atoms with E-state index in [0.29, 0.717) is 29.9 Å². The van der Waals surface area contributed by atoms with Crippen LogP contribution in [0.5, 0.6) is 0 Å². The molecule has 4 aliphatic rings. The highest BCUT2D eigenvalue weighted by atomic mass is 16.7. The number of benzene rings is 2. The summed E-state index contributed by atoms with van der Waals surface area (Å²) in [5.74, 6) is -0.491. The monoisotopic (exact) mass is 604 g/mol. The third-order valence-corrected chi connectivity index (χ3v) is 9.44. The van der Waals surface area contributed by atoms with E-state index in [1.54, 1.807) is 30.3 Å². The molecule has 44 heavy (non-hydrogen) atoms. The smallest absolute Gasteiger partial charge is 0.404 e. The zero-order chi connectivity index (χ0) is 31.6. The average Bonchev–Trinajstić information content (AvgIpc) is 3.36. The van der Waals surface area contributed by atoms with Crippen LogP contribution in [0.15, 0.2) is 54.6 Å². The number of amides is 4. The summed E-state index contributed by atoms with van der Waals surface area (Å²) in [4.78, 5) is 54.7. The van der Waals surface area contributed by atoms with Crippen LogP contribution in [-0.2, 0) is 18.9 Å². The van der Waals surface area contributed by atoms with E-state index in [4.69, 9.17) is 14.1 Å². The molecule has 4 fully saturated rings. The molecule has 4 amide bonds. The van der Waals surface area contributed by atoms with E-state index < -0.39 is 25.0 Å². The first-order valence-electron chi connectivity index (χ1n) is 15.2.